The van der Waals surface area contributed by atoms with E-state index in [-0.39, 0.29) is 35.8 Å². The fraction of sp³-hybridized carbons (Fsp3) is 0.429. The van der Waals surface area contributed by atoms with Crippen molar-refractivity contribution >= 4 is 45.6 Å². The highest BCUT2D eigenvalue weighted by Crippen LogP contribution is 2.40. The fourth-order valence-corrected chi connectivity index (χ4v) is 10.0. The number of imidazole rings is 1. The lowest BCUT2D eigenvalue weighted by atomic mass is 9.88. The molecule has 60 heavy (non-hydrogen) atoms. The highest BCUT2D eigenvalue weighted by atomic mass is 19.1. The van der Waals surface area contributed by atoms with Gasteiger partial charge < -0.3 is 29.3 Å². The molecular formula is C42H42F4N12O2. The van der Waals surface area contributed by atoms with Gasteiger partial charge in [0.25, 0.3) is 0 Å². The molecule has 4 fully saturated rings. The molecule has 0 radical (unpaired) electrons. The van der Waals surface area contributed by atoms with Gasteiger partial charge in [-0.2, -0.15) is 15.1 Å². The molecule has 9 heterocycles. The van der Waals surface area contributed by atoms with Crippen molar-refractivity contribution < 1.29 is 27.1 Å². The molecule has 2 aromatic carbocycles. The van der Waals surface area contributed by atoms with Gasteiger partial charge in [0, 0.05) is 81.7 Å². The molecule has 2 unspecified atom stereocenters. The minimum atomic E-state index is -0.805. The summed E-state index contributed by atoms with van der Waals surface area (Å²) >= 11 is 0. The normalized spacial score (nSPS) is 24.3. The first kappa shape index (κ1) is 37.1. The number of piperazine rings is 1. The second-order valence-corrected chi connectivity index (χ2v) is 16.5. The number of amides is 1. The van der Waals surface area contributed by atoms with E-state index in [0.29, 0.717) is 116 Å². The minimum Gasteiger partial charge on any atom is -0.374 e. The summed E-state index contributed by atoms with van der Waals surface area (Å²) in [7, 11) is 0. The zero-order chi connectivity index (χ0) is 40.8. The molecule has 5 atom stereocenters. The van der Waals surface area contributed by atoms with E-state index in [2.05, 4.69) is 20.2 Å². The van der Waals surface area contributed by atoms with Crippen molar-refractivity contribution in [2.45, 2.75) is 63.0 Å². The maximum Gasteiger partial charge on any atom is 0.245 e. The average molecular weight is 823 g/mol. The monoisotopic (exact) mass is 822 g/mol. The molecule has 0 spiro atoms. The SMILES string of the molecule is Cc1nc2cc(F)cc3c2n1C[C@H]1CN(CCCO1)C(=O)[C@@H]1C[C@@H](CN1c1nc(N2C4CC2CN(CCF)C4)nc2c1cnn2-c1ccc(F)cc1F)Nc1cccc-3n1. The number of ether oxygens (including phenoxy) is 1. The van der Waals surface area contributed by atoms with Crippen LogP contribution in [0.15, 0.2) is 54.7 Å². The van der Waals surface area contributed by atoms with Gasteiger partial charge in [-0.3, -0.25) is 9.69 Å². The Morgan fingerprint density at radius 1 is 0.917 bits per heavy atom. The Morgan fingerprint density at radius 2 is 1.78 bits per heavy atom. The van der Waals surface area contributed by atoms with Crippen LogP contribution in [0.2, 0.25) is 0 Å². The van der Waals surface area contributed by atoms with Gasteiger partial charge in [0.1, 0.15) is 47.5 Å². The lowest BCUT2D eigenvalue weighted by Crippen LogP contribution is -2.69. The molecule has 11 rings (SSSR count). The number of likely N-dealkylation sites (tertiary alicyclic amines) is 1. The maximum absolute atomic E-state index is 15.4. The topological polar surface area (TPSA) is 126 Å². The third-order valence-corrected chi connectivity index (χ3v) is 12.7. The average Bonchev–Trinajstić information content (AvgIpc) is 3.87. The van der Waals surface area contributed by atoms with Crippen molar-refractivity contribution in [3.63, 3.8) is 0 Å². The number of rotatable bonds is 5. The van der Waals surface area contributed by atoms with Crippen LogP contribution in [0.5, 0.6) is 0 Å². The third kappa shape index (κ3) is 6.21. The Hall–Kier alpha value is -5.88. The number of carbonyl (C=O) groups is 1. The van der Waals surface area contributed by atoms with Crippen LogP contribution in [0.4, 0.5) is 35.1 Å². The molecule has 0 aliphatic carbocycles. The largest absolute Gasteiger partial charge is 0.374 e. The number of fused-ring (bicyclic) bond motifs is 10. The summed E-state index contributed by atoms with van der Waals surface area (Å²) in [6, 6.07) is 10.9. The zero-order valence-electron chi connectivity index (χ0n) is 32.8. The number of nitrogens with zero attached hydrogens (tertiary/aromatic N) is 11. The summed E-state index contributed by atoms with van der Waals surface area (Å²) in [5, 5.41) is 8.65. The molecule has 5 aliphatic rings. The van der Waals surface area contributed by atoms with Crippen LogP contribution in [0.25, 0.3) is 39.0 Å². The van der Waals surface area contributed by atoms with Crippen LogP contribution >= 0.6 is 0 Å². The zero-order valence-corrected chi connectivity index (χ0v) is 32.8. The van der Waals surface area contributed by atoms with Crippen LogP contribution in [0, 0.1) is 24.4 Å². The van der Waals surface area contributed by atoms with Crippen LogP contribution in [-0.4, -0.2) is 133 Å². The first-order chi connectivity index (χ1) is 29.2. The number of hydrogen-bond acceptors (Lipinski definition) is 11. The lowest BCUT2D eigenvalue weighted by molar-refractivity contribution is -0.133. The number of pyridine rings is 1. The van der Waals surface area contributed by atoms with E-state index in [9.17, 15) is 8.78 Å². The van der Waals surface area contributed by atoms with Gasteiger partial charge in [0.05, 0.1) is 41.0 Å². The Bertz CT molecular complexity index is 2660. The van der Waals surface area contributed by atoms with Crippen LogP contribution < -0.4 is 15.1 Å². The first-order valence-corrected chi connectivity index (χ1v) is 20.5. The van der Waals surface area contributed by atoms with Gasteiger partial charge in [-0.05, 0) is 56.5 Å². The predicted molar refractivity (Wildman–Crippen MR) is 215 cm³/mol. The van der Waals surface area contributed by atoms with Gasteiger partial charge in [-0.1, -0.05) is 6.07 Å². The Kier molecular flexibility index (Phi) is 8.91. The lowest BCUT2D eigenvalue weighted by Gasteiger charge is -2.56. The van der Waals surface area contributed by atoms with Crippen LogP contribution in [0.3, 0.4) is 0 Å². The number of alkyl halides is 1. The van der Waals surface area contributed by atoms with E-state index in [1.54, 1.807) is 6.20 Å². The van der Waals surface area contributed by atoms with Crippen molar-refractivity contribution in [3.05, 3.63) is 78.0 Å². The van der Waals surface area contributed by atoms with Gasteiger partial charge in [0.2, 0.25) is 11.9 Å². The first-order valence-electron chi connectivity index (χ1n) is 20.5. The van der Waals surface area contributed by atoms with Gasteiger partial charge in [0.15, 0.2) is 11.5 Å². The van der Waals surface area contributed by atoms with Gasteiger partial charge >= 0.3 is 0 Å². The van der Waals surface area contributed by atoms with Crippen molar-refractivity contribution in [1.29, 1.82) is 0 Å². The molecule has 14 nitrogen and oxygen atoms in total. The second-order valence-electron chi connectivity index (χ2n) is 16.5. The van der Waals surface area contributed by atoms with Gasteiger partial charge in [-0.25, -0.2) is 32.2 Å². The molecule has 0 saturated carbocycles. The van der Waals surface area contributed by atoms with E-state index in [0.717, 1.165) is 18.0 Å². The molecule has 1 amide bonds. The highest BCUT2D eigenvalue weighted by Gasteiger charge is 2.47. The maximum atomic E-state index is 15.4. The molecule has 310 valence electrons. The summed E-state index contributed by atoms with van der Waals surface area (Å²) in [5.74, 6) is 0.0778. The number of carbonyl (C=O) groups excluding carboxylic acids is 1. The molecule has 5 aliphatic heterocycles. The van der Waals surface area contributed by atoms with E-state index in [1.807, 2.05) is 39.5 Å². The van der Waals surface area contributed by atoms with E-state index in [1.165, 1.54) is 28.9 Å². The molecular weight excluding hydrogens is 781 g/mol. The number of nitrogens with one attached hydrogen (secondary N) is 1. The smallest absolute Gasteiger partial charge is 0.245 e. The summed E-state index contributed by atoms with van der Waals surface area (Å²) in [5.41, 5.74) is 2.76. The Morgan fingerprint density at radius 3 is 2.62 bits per heavy atom. The standard InChI is InChI=1S/C42H42F4N12O2/c1-23-48-34-14-25(45)12-30-33-4-2-5-37(50-33)49-26-15-36(41(59)54-9-3-11-60-29(21-54)22-55(23)38(30)34)56(18-26)39-31-17-47-58(35-7-6-24(44)13-32(35)46)40(31)52-42(51-39)57-27-16-28(57)20-53(19-27)10-8-43/h2,4-7,12-14,17,26-29,36H,3,8-11,15-16,18-22H2,1H3,(H,49,50)/t26-,27?,28?,29+,36-/m0/s1. The highest BCUT2D eigenvalue weighted by molar-refractivity contribution is 5.94. The number of halogens is 4. The number of aryl methyl sites for hydroxylation is 1. The molecule has 8 bridgehead atoms. The molecule has 1 N–H and O–H groups in total. The fourth-order valence-electron chi connectivity index (χ4n) is 10.0. The van der Waals surface area contributed by atoms with E-state index in [4.69, 9.17) is 24.7 Å². The number of aromatic nitrogens is 7. The van der Waals surface area contributed by atoms with Gasteiger partial charge in [-0.15, -0.1) is 0 Å². The molecule has 18 heteroatoms. The number of hydrogen-bond donors (Lipinski definition) is 1. The number of piperidine rings is 1. The molecule has 4 saturated heterocycles. The minimum absolute atomic E-state index is 0.0170. The molecule has 4 aromatic heterocycles. The Labute approximate surface area is 341 Å². The number of benzene rings is 2. The van der Waals surface area contributed by atoms with E-state index < -0.39 is 30.2 Å². The quantitative estimate of drug-likeness (QED) is 0.240. The third-order valence-electron chi connectivity index (χ3n) is 12.7. The molecule has 6 aromatic rings. The van der Waals surface area contributed by atoms with E-state index >= 15 is 13.6 Å². The number of anilines is 3. The predicted octanol–water partition coefficient (Wildman–Crippen LogP) is 4.88. The van der Waals surface area contributed by atoms with Crippen molar-refractivity contribution in [1.82, 2.24) is 44.1 Å². The summed E-state index contributed by atoms with van der Waals surface area (Å²) in [4.78, 5) is 43.2. The summed E-state index contributed by atoms with van der Waals surface area (Å²) in [6.45, 7) is 5.08. The second kappa shape index (κ2) is 14.4. The summed E-state index contributed by atoms with van der Waals surface area (Å²) in [6.07, 6.45) is 3.11. The van der Waals surface area contributed by atoms with Crippen molar-refractivity contribution in [2.75, 3.05) is 67.7 Å². The van der Waals surface area contributed by atoms with Crippen molar-refractivity contribution in [2.24, 2.45) is 0 Å². The van der Waals surface area contributed by atoms with Crippen LogP contribution in [-0.2, 0) is 16.1 Å². The Balaban J connectivity index is 1.04. The summed E-state index contributed by atoms with van der Waals surface area (Å²) < 4.78 is 67.9. The van der Waals surface area contributed by atoms with Crippen molar-refractivity contribution in [3.8, 4) is 16.9 Å². The van der Waals surface area contributed by atoms with Crippen LogP contribution in [0.1, 0.15) is 25.1 Å².